The SMILES string of the molecule is CC(C)=CCNC(=O)NC1COCC1C(=O)O. The van der Waals surface area contributed by atoms with E-state index in [2.05, 4.69) is 10.6 Å². The summed E-state index contributed by atoms with van der Waals surface area (Å²) < 4.78 is 5.04. The van der Waals surface area contributed by atoms with E-state index in [1.165, 1.54) is 0 Å². The van der Waals surface area contributed by atoms with E-state index in [1.807, 2.05) is 19.9 Å². The van der Waals surface area contributed by atoms with Crippen LogP contribution in [-0.4, -0.2) is 42.9 Å². The fraction of sp³-hybridized carbons (Fsp3) is 0.636. The number of hydrogen-bond acceptors (Lipinski definition) is 3. The van der Waals surface area contributed by atoms with Crippen molar-refractivity contribution in [3.05, 3.63) is 11.6 Å². The zero-order valence-corrected chi connectivity index (χ0v) is 10.0. The molecule has 0 aromatic heterocycles. The van der Waals surface area contributed by atoms with Gasteiger partial charge in [0.2, 0.25) is 0 Å². The van der Waals surface area contributed by atoms with Gasteiger partial charge in [0, 0.05) is 6.54 Å². The Hall–Kier alpha value is -1.56. The third kappa shape index (κ3) is 4.44. The van der Waals surface area contributed by atoms with Gasteiger partial charge in [0.15, 0.2) is 0 Å². The van der Waals surface area contributed by atoms with E-state index in [1.54, 1.807) is 0 Å². The predicted molar refractivity (Wildman–Crippen MR) is 61.7 cm³/mol. The van der Waals surface area contributed by atoms with Gasteiger partial charge in [0.05, 0.1) is 19.3 Å². The Balaban J connectivity index is 2.35. The van der Waals surface area contributed by atoms with Gasteiger partial charge in [-0.1, -0.05) is 11.6 Å². The normalized spacial score (nSPS) is 22.9. The maximum absolute atomic E-state index is 11.4. The van der Waals surface area contributed by atoms with Crippen LogP contribution in [0, 0.1) is 5.92 Å². The number of carboxylic acids is 1. The van der Waals surface area contributed by atoms with Crippen LogP contribution in [0.2, 0.25) is 0 Å². The van der Waals surface area contributed by atoms with Crippen LogP contribution in [0.1, 0.15) is 13.8 Å². The molecule has 1 fully saturated rings. The summed E-state index contributed by atoms with van der Waals surface area (Å²) in [5, 5.41) is 14.1. The fourth-order valence-electron chi connectivity index (χ4n) is 1.51. The molecule has 1 aliphatic heterocycles. The van der Waals surface area contributed by atoms with Crippen molar-refractivity contribution in [3.63, 3.8) is 0 Å². The van der Waals surface area contributed by atoms with Crippen molar-refractivity contribution < 1.29 is 19.4 Å². The quantitative estimate of drug-likeness (QED) is 0.621. The number of carbonyl (C=O) groups is 2. The first-order chi connectivity index (χ1) is 8.00. The summed E-state index contributed by atoms with van der Waals surface area (Å²) >= 11 is 0. The second-order valence-electron chi connectivity index (χ2n) is 4.22. The van der Waals surface area contributed by atoms with Gasteiger partial charge in [0.25, 0.3) is 0 Å². The molecule has 3 N–H and O–H groups in total. The summed E-state index contributed by atoms with van der Waals surface area (Å²) in [4.78, 5) is 22.3. The van der Waals surface area contributed by atoms with Gasteiger partial charge >= 0.3 is 12.0 Å². The predicted octanol–water partition coefficient (Wildman–Crippen LogP) is 0.351. The van der Waals surface area contributed by atoms with E-state index in [0.29, 0.717) is 6.54 Å². The number of carboxylic acid groups (broad SMARTS) is 1. The number of aliphatic carboxylic acids is 1. The molecule has 0 aromatic rings. The molecular formula is C11H18N2O4. The lowest BCUT2D eigenvalue weighted by atomic mass is 10.0. The van der Waals surface area contributed by atoms with Gasteiger partial charge in [-0.25, -0.2) is 4.79 Å². The highest BCUT2D eigenvalue weighted by atomic mass is 16.5. The monoisotopic (exact) mass is 242 g/mol. The first-order valence-electron chi connectivity index (χ1n) is 5.49. The van der Waals surface area contributed by atoms with Crippen molar-refractivity contribution >= 4 is 12.0 Å². The van der Waals surface area contributed by atoms with Crippen LogP contribution in [0.4, 0.5) is 4.79 Å². The Labute approximate surface area is 100 Å². The number of allylic oxidation sites excluding steroid dienone is 1. The molecule has 96 valence electrons. The minimum absolute atomic E-state index is 0.147. The topological polar surface area (TPSA) is 87.7 Å². The molecule has 0 aliphatic carbocycles. The summed E-state index contributed by atoms with van der Waals surface area (Å²) in [6, 6.07) is -0.830. The first kappa shape index (κ1) is 13.5. The van der Waals surface area contributed by atoms with Crippen LogP contribution in [0.5, 0.6) is 0 Å². The number of urea groups is 1. The van der Waals surface area contributed by atoms with Crippen LogP contribution >= 0.6 is 0 Å². The number of amides is 2. The Morgan fingerprint density at radius 2 is 2.12 bits per heavy atom. The van der Waals surface area contributed by atoms with Crippen LogP contribution < -0.4 is 10.6 Å². The third-order valence-electron chi connectivity index (χ3n) is 2.49. The zero-order chi connectivity index (χ0) is 12.8. The van der Waals surface area contributed by atoms with Crippen molar-refractivity contribution in [2.24, 2.45) is 5.92 Å². The second kappa shape index (κ2) is 6.24. The van der Waals surface area contributed by atoms with E-state index < -0.39 is 17.9 Å². The summed E-state index contributed by atoms with van der Waals surface area (Å²) in [7, 11) is 0. The molecule has 1 heterocycles. The summed E-state index contributed by atoms with van der Waals surface area (Å²) in [6.07, 6.45) is 1.87. The molecule has 0 saturated carbocycles. The molecule has 6 heteroatoms. The van der Waals surface area contributed by atoms with Crippen molar-refractivity contribution in [1.82, 2.24) is 10.6 Å². The van der Waals surface area contributed by atoms with Gasteiger partial charge in [-0.15, -0.1) is 0 Å². The summed E-state index contributed by atoms with van der Waals surface area (Å²) in [5.41, 5.74) is 1.11. The molecule has 17 heavy (non-hydrogen) atoms. The van der Waals surface area contributed by atoms with Gasteiger partial charge in [-0.2, -0.15) is 0 Å². The lowest BCUT2D eigenvalue weighted by Gasteiger charge is -2.15. The highest BCUT2D eigenvalue weighted by Gasteiger charge is 2.34. The highest BCUT2D eigenvalue weighted by Crippen LogP contribution is 2.13. The Bertz CT molecular complexity index is 323. The number of rotatable bonds is 4. The van der Waals surface area contributed by atoms with Gasteiger partial charge in [0.1, 0.15) is 5.92 Å². The molecule has 6 nitrogen and oxygen atoms in total. The Morgan fingerprint density at radius 1 is 1.41 bits per heavy atom. The van der Waals surface area contributed by atoms with Crippen LogP contribution in [0.15, 0.2) is 11.6 Å². The molecule has 0 radical (unpaired) electrons. The minimum atomic E-state index is -0.947. The molecular weight excluding hydrogens is 224 g/mol. The highest BCUT2D eigenvalue weighted by molar-refractivity contribution is 5.77. The number of carbonyl (C=O) groups excluding carboxylic acids is 1. The standard InChI is InChI=1S/C11H18N2O4/c1-7(2)3-4-12-11(16)13-9-6-17-5-8(9)10(14)15/h3,8-9H,4-6H2,1-2H3,(H,14,15)(H2,12,13,16). The molecule has 2 amide bonds. The number of ether oxygens (including phenoxy) is 1. The van der Waals surface area contributed by atoms with Gasteiger partial charge in [-0.3, -0.25) is 4.79 Å². The maximum atomic E-state index is 11.4. The second-order valence-corrected chi connectivity index (χ2v) is 4.22. The van der Waals surface area contributed by atoms with Gasteiger partial charge < -0.3 is 20.5 Å². The average Bonchev–Trinajstić information content (AvgIpc) is 2.65. The van der Waals surface area contributed by atoms with E-state index >= 15 is 0 Å². The molecule has 2 atom stereocenters. The zero-order valence-electron chi connectivity index (χ0n) is 10.0. The Kier molecular flexibility index (Phi) is 4.96. The largest absolute Gasteiger partial charge is 0.481 e. The number of hydrogen-bond donors (Lipinski definition) is 3. The van der Waals surface area contributed by atoms with Crippen molar-refractivity contribution in [2.75, 3.05) is 19.8 Å². The first-order valence-corrected chi connectivity index (χ1v) is 5.49. The lowest BCUT2D eigenvalue weighted by Crippen LogP contribution is -2.47. The molecule has 2 unspecified atom stereocenters. The molecule has 0 aromatic carbocycles. The molecule has 1 aliphatic rings. The van der Waals surface area contributed by atoms with Crippen LogP contribution in [0.25, 0.3) is 0 Å². The van der Waals surface area contributed by atoms with E-state index in [0.717, 1.165) is 5.57 Å². The number of nitrogens with one attached hydrogen (secondary N) is 2. The van der Waals surface area contributed by atoms with Crippen molar-refractivity contribution in [1.29, 1.82) is 0 Å². The molecule has 0 bridgehead atoms. The van der Waals surface area contributed by atoms with Crippen LogP contribution in [0.3, 0.4) is 0 Å². The summed E-state index contributed by atoms with van der Waals surface area (Å²) in [6.45, 7) is 4.69. The third-order valence-corrected chi connectivity index (χ3v) is 2.49. The van der Waals surface area contributed by atoms with Crippen LogP contribution in [-0.2, 0) is 9.53 Å². The molecule has 0 spiro atoms. The minimum Gasteiger partial charge on any atom is -0.481 e. The smallest absolute Gasteiger partial charge is 0.315 e. The Morgan fingerprint density at radius 3 is 2.71 bits per heavy atom. The molecule has 1 saturated heterocycles. The van der Waals surface area contributed by atoms with Gasteiger partial charge in [-0.05, 0) is 13.8 Å². The van der Waals surface area contributed by atoms with E-state index in [9.17, 15) is 9.59 Å². The average molecular weight is 242 g/mol. The van der Waals surface area contributed by atoms with E-state index in [4.69, 9.17) is 9.84 Å². The van der Waals surface area contributed by atoms with E-state index in [-0.39, 0.29) is 19.2 Å². The summed E-state index contributed by atoms with van der Waals surface area (Å²) in [5.74, 6) is -1.61. The maximum Gasteiger partial charge on any atom is 0.315 e. The lowest BCUT2D eigenvalue weighted by molar-refractivity contribution is -0.142. The molecule has 1 rings (SSSR count). The van der Waals surface area contributed by atoms with Crippen molar-refractivity contribution in [3.8, 4) is 0 Å². The van der Waals surface area contributed by atoms with Crippen molar-refractivity contribution in [2.45, 2.75) is 19.9 Å². The fourth-order valence-corrected chi connectivity index (χ4v) is 1.51.